The Labute approximate surface area is 109 Å². The average molecular weight is 249 g/mol. The molecule has 3 heteroatoms. The molecule has 1 N–H and O–H groups in total. The molecule has 2 rings (SSSR count). The van der Waals surface area contributed by atoms with Gasteiger partial charge in [-0.15, -0.1) is 0 Å². The summed E-state index contributed by atoms with van der Waals surface area (Å²) in [5, 5.41) is 10.0. The molecule has 0 aliphatic carbocycles. The topological polar surface area (TPSA) is 32.7 Å². The molecule has 1 aromatic carbocycles. The van der Waals surface area contributed by atoms with Crippen molar-refractivity contribution in [3.05, 3.63) is 29.3 Å². The molecule has 0 atom stereocenters. The number of rotatable bonds is 4. The van der Waals surface area contributed by atoms with E-state index in [9.17, 15) is 5.11 Å². The number of aromatic hydroxyl groups is 1. The molecule has 3 nitrogen and oxygen atoms in total. The smallest absolute Gasteiger partial charge is 0.122 e. The van der Waals surface area contributed by atoms with Gasteiger partial charge in [0, 0.05) is 25.8 Å². The fourth-order valence-electron chi connectivity index (χ4n) is 2.64. The van der Waals surface area contributed by atoms with Crippen molar-refractivity contribution < 1.29 is 9.84 Å². The maximum absolute atomic E-state index is 10.0. The van der Waals surface area contributed by atoms with Crippen molar-refractivity contribution in [3.63, 3.8) is 0 Å². The van der Waals surface area contributed by atoms with Crippen molar-refractivity contribution in [1.82, 2.24) is 4.90 Å². The second-order valence-corrected chi connectivity index (χ2v) is 5.26. The highest BCUT2D eigenvalue weighted by Crippen LogP contribution is 2.25. The normalized spacial score (nSPS) is 18.1. The van der Waals surface area contributed by atoms with Gasteiger partial charge in [0.25, 0.3) is 0 Å². The Balaban J connectivity index is 1.90. The van der Waals surface area contributed by atoms with Crippen molar-refractivity contribution in [2.75, 3.05) is 26.8 Å². The summed E-state index contributed by atoms with van der Waals surface area (Å²) in [5.41, 5.74) is 2.00. The van der Waals surface area contributed by atoms with E-state index in [4.69, 9.17) is 4.74 Å². The number of phenolic OH excluding ortho intramolecular Hbond substituents is 1. The van der Waals surface area contributed by atoms with Crippen molar-refractivity contribution in [3.8, 4) is 5.75 Å². The predicted molar refractivity (Wildman–Crippen MR) is 72.7 cm³/mol. The highest BCUT2D eigenvalue weighted by atomic mass is 16.5. The Morgan fingerprint density at radius 2 is 2.06 bits per heavy atom. The van der Waals surface area contributed by atoms with Crippen molar-refractivity contribution in [2.24, 2.45) is 5.92 Å². The lowest BCUT2D eigenvalue weighted by molar-refractivity contribution is 0.0965. The molecule has 1 aromatic rings. The largest absolute Gasteiger partial charge is 0.507 e. The molecular formula is C15H23NO2. The third-order valence-corrected chi connectivity index (χ3v) is 3.82. The van der Waals surface area contributed by atoms with Gasteiger partial charge in [0.2, 0.25) is 0 Å². The van der Waals surface area contributed by atoms with Crippen LogP contribution in [0.1, 0.15) is 24.0 Å². The van der Waals surface area contributed by atoms with E-state index in [0.29, 0.717) is 11.7 Å². The highest BCUT2D eigenvalue weighted by molar-refractivity contribution is 5.39. The molecule has 1 fully saturated rings. The fraction of sp³-hybridized carbons (Fsp3) is 0.600. The number of hydrogen-bond donors (Lipinski definition) is 1. The number of benzene rings is 1. The molecule has 0 saturated carbocycles. The monoisotopic (exact) mass is 249 g/mol. The number of para-hydroxylation sites is 1. The standard InChI is InChI=1S/C15H23NO2/c1-12-4-3-5-14(15(12)17)10-16-8-6-13(7-9-16)11-18-2/h3-5,13,17H,6-11H2,1-2H3. The molecule has 0 aromatic heterocycles. The highest BCUT2D eigenvalue weighted by Gasteiger charge is 2.19. The van der Waals surface area contributed by atoms with Crippen LogP contribution < -0.4 is 0 Å². The van der Waals surface area contributed by atoms with Crippen LogP contribution in [0.15, 0.2) is 18.2 Å². The number of phenols is 1. The number of nitrogens with zero attached hydrogens (tertiary/aromatic N) is 1. The third-order valence-electron chi connectivity index (χ3n) is 3.82. The number of hydrogen-bond acceptors (Lipinski definition) is 3. The number of methoxy groups -OCH3 is 1. The first kappa shape index (κ1) is 13.4. The molecule has 0 amide bonds. The zero-order valence-corrected chi connectivity index (χ0v) is 11.4. The van der Waals surface area contributed by atoms with Gasteiger partial charge in [-0.3, -0.25) is 4.90 Å². The van der Waals surface area contributed by atoms with E-state index >= 15 is 0 Å². The summed E-state index contributed by atoms with van der Waals surface area (Å²) in [6, 6.07) is 5.98. The third kappa shape index (κ3) is 3.24. The Bertz CT molecular complexity index is 384. The summed E-state index contributed by atoms with van der Waals surface area (Å²) in [4.78, 5) is 2.42. The molecule has 1 saturated heterocycles. The Morgan fingerprint density at radius 3 is 2.72 bits per heavy atom. The first-order valence-electron chi connectivity index (χ1n) is 6.69. The molecule has 1 aliphatic rings. The van der Waals surface area contributed by atoms with E-state index in [-0.39, 0.29) is 0 Å². The Hall–Kier alpha value is -1.06. The lowest BCUT2D eigenvalue weighted by Gasteiger charge is -2.31. The first-order valence-corrected chi connectivity index (χ1v) is 6.69. The van der Waals surface area contributed by atoms with Gasteiger partial charge >= 0.3 is 0 Å². The van der Waals surface area contributed by atoms with Crippen LogP contribution in [0, 0.1) is 12.8 Å². The van der Waals surface area contributed by atoms with Crippen molar-refractivity contribution in [1.29, 1.82) is 0 Å². The zero-order valence-electron chi connectivity index (χ0n) is 11.4. The first-order chi connectivity index (χ1) is 8.70. The summed E-state index contributed by atoms with van der Waals surface area (Å²) >= 11 is 0. The quantitative estimate of drug-likeness (QED) is 0.890. The van der Waals surface area contributed by atoms with E-state index in [1.165, 1.54) is 12.8 Å². The van der Waals surface area contributed by atoms with Crippen LogP contribution in [0.4, 0.5) is 0 Å². The van der Waals surface area contributed by atoms with Crippen LogP contribution in [0.2, 0.25) is 0 Å². The minimum atomic E-state index is 0.455. The number of piperidine rings is 1. The van der Waals surface area contributed by atoms with Gasteiger partial charge in [-0.05, 0) is 44.3 Å². The molecule has 0 radical (unpaired) electrons. The Kier molecular flexibility index (Phi) is 4.61. The maximum atomic E-state index is 10.0. The van der Waals surface area contributed by atoms with Crippen molar-refractivity contribution >= 4 is 0 Å². The predicted octanol–water partition coefficient (Wildman–Crippen LogP) is 2.56. The van der Waals surface area contributed by atoms with Crippen LogP contribution in [0.25, 0.3) is 0 Å². The van der Waals surface area contributed by atoms with Crippen LogP contribution in [0.3, 0.4) is 0 Å². The SMILES string of the molecule is COCC1CCN(Cc2cccc(C)c2O)CC1. The van der Waals surface area contributed by atoms with Gasteiger partial charge in [0.1, 0.15) is 5.75 Å². The fourth-order valence-corrected chi connectivity index (χ4v) is 2.64. The van der Waals surface area contributed by atoms with Crippen LogP contribution in [-0.4, -0.2) is 36.8 Å². The van der Waals surface area contributed by atoms with E-state index in [2.05, 4.69) is 4.90 Å². The van der Waals surface area contributed by atoms with Crippen molar-refractivity contribution in [2.45, 2.75) is 26.3 Å². The van der Waals surface area contributed by atoms with E-state index in [0.717, 1.165) is 37.4 Å². The number of ether oxygens (including phenoxy) is 1. The van der Waals surface area contributed by atoms with E-state index in [1.807, 2.05) is 25.1 Å². The summed E-state index contributed by atoms with van der Waals surface area (Å²) in [7, 11) is 1.77. The van der Waals surface area contributed by atoms with Crippen LogP contribution in [0.5, 0.6) is 5.75 Å². The number of aryl methyl sites for hydroxylation is 1. The van der Waals surface area contributed by atoms with E-state index in [1.54, 1.807) is 7.11 Å². The lowest BCUT2D eigenvalue weighted by atomic mass is 9.97. The molecule has 0 bridgehead atoms. The van der Waals surface area contributed by atoms with Gasteiger partial charge in [-0.1, -0.05) is 18.2 Å². The molecule has 18 heavy (non-hydrogen) atoms. The molecule has 1 aliphatic heterocycles. The second kappa shape index (κ2) is 6.21. The summed E-state index contributed by atoms with van der Waals surface area (Å²) in [6.07, 6.45) is 2.39. The van der Waals surface area contributed by atoms with Gasteiger partial charge in [0.05, 0.1) is 0 Å². The van der Waals surface area contributed by atoms with Gasteiger partial charge < -0.3 is 9.84 Å². The second-order valence-electron chi connectivity index (χ2n) is 5.26. The Morgan fingerprint density at radius 1 is 1.33 bits per heavy atom. The zero-order chi connectivity index (χ0) is 13.0. The molecular weight excluding hydrogens is 226 g/mol. The summed E-state index contributed by atoms with van der Waals surface area (Å²) in [6.45, 7) is 5.88. The molecule has 0 spiro atoms. The summed E-state index contributed by atoms with van der Waals surface area (Å²) in [5.74, 6) is 1.16. The average Bonchev–Trinajstić information content (AvgIpc) is 2.38. The van der Waals surface area contributed by atoms with Gasteiger partial charge in [-0.25, -0.2) is 0 Å². The van der Waals surface area contributed by atoms with Crippen LogP contribution in [-0.2, 0) is 11.3 Å². The van der Waals surface area contributed by atoms with E-state index < -0.39 is 0 Å². The minimum Gasteiger partial charge on any atom is -0.507 e. The lowest BCUT2D eigenvalue weighted by Crippen LogP contribution is -2.34. The maximum Gasteiger partial charge on any atom is 0.122 e. The van der Waals surface area contributed by atoms with Crippen LogP contribution >= 0.6 is 0 Å². The minimum absolute atomic E-state index is 0.455. The summed E-state index contributed by atoms with van der Waals surface area (Å²) < 4.78 is 5.21. The molecule has 0 unspecified atom stereocenters. The molecule has 1 heterocycles. The van der Waals surface area contributed by atoms with Gasteiger partial charge in [-0.2, -0.15) is 0 Å². The number of likely N-dealkylation sites (tertiary alicyclic amines) is 1. The van der Waals surface area contributed by atoms with Gasteiger partial charge in [0.15, 0.2) is 0 Å². The molecule has 100 valence electrons.